The Kier molecular flexibility index (Phi) is 5.03. The predicted octanol–water partition coefficient (Wildman–Crippen LogP) is 1.30. The van der Waals surface area contributed by atoms with Crippen molar-refractivity contribution in [1.29, 1.82) is 0 Å². The summed E-state index contributed by atoms with van der Waals surface area (Å²) in [7, 11) is 0. The van der Waals surface area contributed by atoms with Crippen molar-refractivity contribution in [2.75, 3.05) is 26.4 Å². The molecule has 1 N–H and O–H groups in total. The molecule has 0 bridgehead atoms. The summed E-state index contributed by atoms with van der Waals surface area (Å²) in [5.41, 5.74) is 3.05. The van der Waals surface area contributed by atoms with Gasteiger partial charge in [0.2, 0.25) is 0 Å². The number of rotatable bonds is 4. The Hall–Kier alpha value is -2.08. The molecule has 1 fully saturated rings. The normalized spacial score (nSPS) is 18.1. The van der Waals surface area contributed by atoms with Crippen LogP contribution in [0.5, 0.6) is 5.75 Å². The molecule has 1 atom stereocenters. The highest BCUT2D eigenvalue weighted by Gasteiger charge is 2.32. The number of carboxylic acid groups (broad SMARTS) is 1. The van der Waals surface area contributed by atoms with E-state index in [0.29, 0.717) is 12.4 Å². The average molecular weight is 307 g/mol. The Balaban J connectivity index is 2.05. The molecule has 0 aromatic heterocycles. The largest absolute Gasteiger partial charge is 0.483 e. The van der Waals surface area contributed by atoms with Crippen molar-refractivity contribution in [2.45, 2.75) is 26.8 Å². The lowest BCUT2D eigenvalue weighted by molar-refractivity contribution is -0.159. The molecular formula is C16H21NO5. The molecule has 22 heavy (non-hydrogen) atoms. The highest BCUT2D eigenvalue weighted by Crippen LogP contribution is 2.24. The number of nitrogens with zero attached hydrogens (tertiary/aromatic N) is 1. The molecule has 1 aromatic carbocycles. The SMILES string of the molecule is Cc1cc(C)c(OCC(=O)N2CCOCC2C(=O)O)c(C)c1. The fourth-order valence-corrected chi connectivity index (χ4v) is 2.72. The Labute approximate surface area is 129 Å². The molecule has 120 valence electrons. The minimum atomic E-state index is -1.06. The Morgan fingerprint density at radius 1 is 1.32 bits per heavy atom. The molecule has 6 heteroatoms. The number of carbonyl (C=O) groups is 2. The molecule has 1 aliphatic rings. The highest BCUT2D eigenvalue weighted by molar-refractivity contribution is 5.84. The van der Waals surface area contributed by atoms with Gasteiger partial charge in [-0.2, -0.15) is 0 Å². The minimum absolute atomic E-state index is 0.0175. The maximum atomic E-state index is 12.3. The van der Waals surface area contributed by atoms with Crippen LogP contribution >= 0.6 is 0 Å². The smallest absolute Gasteiger partial charge is 0.328 e. The molecule has 0 radical (unpaired) electrons. The van der Waals surface area contributed by atoms with Gasteiger partial charge in [0.1, 0.15) is 5.75 Å². The first kappa shape index (κ1) is 16.3. The molecule has 0 saturated carbocycles. The number of aryl methyl sites for hydroxylation is 3. The summed E-state index contributed by atoms with van der Waals surface area (Å²) in [6.07, 6.45) is 0. The number of hydrogen-bond donors (Lipinski definition) is 1. The van der Waals surface area contributed by atoms with Gasteiger partial charge in [-0.3, -0.25) is 4.79 Å². The van der Waals surface area contributed by atoms with Crippen LogP contribution in [-0.2, 0) is 14.3 Å². The van der Waals surface area contributed by atoms with Crippen molar-refractivity contribution in [3.8, 4) is 5.75 Å². The summed E-state index contributed by atoms with van der Waals surface area (Å²) in [6.45, 7) is 6.31. The summed E-state index contributed by atoms with van der Waals surface area (Å²) in [5.74, 6) is -0.718. The fourth-order valence-electron chi connectivity index (χ4n) is 2.72. The Morgan fingerprint density at radius 2 is 1.95 bits per heavy atom. The van der Waals surface area contributed by atoms with Crippen LogP contribution < -0.4 is 4.74 Å². The molecular weight excluding hydrogens is 286 g/mol. The summed E-state index contributed by atoms with van der Waals surface area (Å²) >= 11 is 0. The number of carboxylic acids is 1. The van der Waals surface area contributed by atoms with E-state index in [9.17, 15) is 9.59 Å². The zero-order chi connectivity index (χ0) is 16.3. The van der Waals surface area contributed by atoms with Crippen LogP contribution in [-0.4, -0.2) is 54.3 Å². The number of aliphatic carboxylic acids is 1. The van der Waals surface area contributed by atoms with Gasteiger partial charge in [-0.15, -0.1) is 0 Å². The predicted molar refractivity (Wildman–Crippen MR) is 80.1 cm³/mol. The van der Waals surface area contributed by atoms with Gasteiger partial charge in [0.25, 0.3) is 5.91 Å². The molecule has 0 spiro atoms. The Bertz CT molecular complexity index is 561. The fraction of sp³-hybridized carbons (Fsp3) is 0.500. The van der Waals surface area contributed by atoms with Crippen molar-refractivity contribution < 1.29 is 24.2 Å². The third-order valence-electron chi connectivity index (χ3n) is 3.68. The van der Waals surface area contributed by atoms with E-state index in [4.69, 9.17) is 14.6 Å². The van der Waals surface area contributed by atoms with Gasteiger partial charge in [-0.05, 0) is 31.9 Å². The second-order valence-electron chi connectivity index (χ2n) is 5.53. The quantitative estimate of drug-likeness (QED) is 0.907. The number of carbonyl (C=O) groups excluding carboxylic acids is 1. The number of benzene rings is 1. The molecule has 1 heterocycles. The summed E-state index contributed by atoms with van der Waals surface area (Å²) in [6, 6.07) is 3.04. The first-order chi connectivity index (χ1) is 10.4. The van der Waals surface area contributed by atoms with E-state index < -0.39 is 12.0 Å². The van der Waals surface area contributed by atoms with Crippen molar-refractivity contribution in [2.24, 2.45) is 0 Å². The number of morpholine rings is 1. The van der Waals surface area contributed by atoms with Gasteiger partial charge in [-0.25, -0.2) is 4.79 Å². The van der Waals surface area contributed by atoms with Crippen molar-refractivity contribution in [3.63, 3.8) is 0 Å². The van der Waals surface area contributed by atoms with E-state index >= 15 is 0 Å². The minimum Gasteiger partial charge on any atom is -0.483 e. The van der Waals surface area contributed by atoms with E-state index in [2.05, 4.69) is 0 Å². The maximum absolute atomic E-state index is 12.3. The Morgan fingerprint density at radius 3 is 2.55 bits per heavy atom. The van der Waals surface area contributed by atoms with Crippen LogP contribution in [0.25, 0.3) is 0 Å². The number of hydrogen-bond acceptors (Lipinski definition) is 4. The van der Waals surface area contributed by atoms with E-state index in [1.807, 2.05) is 32.9 Å². The second-order valence-corrected chi connectivity index (χ2v) is 5.53. The topological polar surface area (TPSA) is 76.1 Å². The van der Waals surface area contributed by atoms with Crippen LogP contribution in [0.4, 0.5) is 0 Å². The first-order valence-corrected chi connectivity index (χ1v) is 7.21. The summed E-state index contributed by atoms with van der Waals surface area (Å²) in [4.78, 5) is 24.7. The van der Waals surface area contributed by atoms with Crippen LogP contribution in [0.15, 0.2) is 12.1 Å². The van der Waals surface area contributed by atoms with E-state index in [1.165, 1.54) is 4.90 Å². The molecule has 1 saturated heterocycles. The summed E-state index contributed by atoms with van der Waals surface area (Å²) in [5, 5.41) is 9.15. The van der Waals surface area contributed by atoms with Crippen molar-refractivity contribution >= 4 is 11.9 Å². The third-order valence-corrected chi connectivity index (χ3v) is 3.68. The lowest BCUT2D eigenvalue weighted by Gasteiger charge is -2.32. The van der Waals surface area contributed by atoms with Gasteiger partial charge < -0.3 is 19.5 Å². The van der Waals surface area contributed by atoms with Crippen molar-refractivity contribution in [3.05, 3.63) is 28.8 Å². The highest BCUT2D eigenvalue weighted by atomic mass is 16.5. The zero-order valence-electron chi connectivity index (χ0n) is 13.1. The van der Waals surface area contributed by atoms with Crippen LogP contribution in [0.2, 0.25) is 0 Å². The number of amides is 1. The molecule has 1 aromatic rings. The number of ether oxygens (including phenoxy) is 2. The van der Waals surface area contributed by atoms with Crippen molar-refractivity contribution in [1.82, 2.24) is 4.90 Å². The lowest BCUT2D eigenvalue weighted by atomic mass is 10.1. The maximum Gasteiger partial charge on any atom is 0.328 e. The molecule has 1 amide bonds. The lowest BCUT2D eigenvalue weighted by Crippen LogP contribution is -2.53. The van der Waals surface area contributed by atoms with Gasteiger partial charge in [0.05, 0.1) is 13.2 Å². The van der Waals surface area contributed by atoms with Gasteiger partial charge >= 0.3 is 5.97 Å². The third kappa shape index (κ3) is 3.57. The second kappa shape index (κ2) is 6.79. The monoisotopic (exact) mass is 307 g/mol. The van der Waals surface area contributed by atoms with Gasteiger partial charge in [-0.1, -0.05) is 17.7 Å². The van der Waals surface area contributed by atoms with Crippen LogP contribution in [0, 0.1) is 20.8 Å². The molecule has 1 unspecified atom stereocenters. The van der Waals surface area contributed by atoms with E-state index in [1.54, 1.807) is 0 Å². The average Bonchev–Trinajstić information content (AvgIpc) is 2.45. The van der Waals surface area contributed by atoms with Crippen LogP contribution in [0.1, 0.15) is 16.7 Å². The standard InChI is InChI=1S/C16H21NO5/c1-10-6-11(2)15(12(3)7-10)22-9-14(18)17-4-5-21-8-13(17)16(19)20/h6-7,13H,4-5,8-9H2,1-3H3,(H,19,20). The van der Waals surface area contributed by atoms with Crippen LogP contribution in [0.3, 0.4) is 0 Å². The van der Waals surface area contributed by atoms with Gasteiger partial charge in [0, 0.05) is 6.54 Å². The molecule has 1 aliphatic heterocycles. The first-order valence-electron chi connectivity index (χ1n) is 7.21. The molecule has 2 rings (SSSR count). The molecule has 6 nitrogen and oxygen atoms in total. The molecule has 0 aliphatic carbocycles. The zero-order valence-corrected chi connectivity index (χ0v) is 13.1. The van der Waals surface area contributed by atoms with E-state index in [0.717, 1.165) is 16.7 Å². The van der Waals surface area contributed by atoms with Gasteiger partial charge in [0.15, 0.2) is 12.6 Å². The summed E-state index contributed by atoms with van der Waals surface area (Å²) < 4.78 is 10.8. The van der Waals surface area contributed by atoms with E-state index in [-0.39, 0.29) is 25.7 Å².